The van der Waals surface area contributed by atoms with Crippen LogP contribution in [0.25, 0.3) is 11.4 Å². The van der Waals surface area contributed by atoms with Crippen molar-refractivity contribution < 1.29 is 0 Å². The lowest BCUT2D eigenvalue weighted by molar-refractivity contribution is 0.720. The molecule has 0 bridgehead atoms. The highest BCUT2D eigenvalue weighted by molar-refractivity contribution is 7.14. The van der Waals surface area contributed by atoms with Crippen LogP contribution < -0.4 is 15.5 Å². The van der Waals surface area contributed by atoms with Crippen molar-refractivity contribution in [3.05, 3.63) is 58.5 Å². The lowest BCUT2D eigenvalue weighted by Gasteiger charge is -2.30. The van der Waals surface area contributed by atoms with Gasteiger partial charge < -0.3 is 15.5 Å². The normalized spacial score (nSPS) is 15.6. The summed E-state index contributed by atoms with van der Waals surface area (Å²) in [6, 6.07) is 14.3. The highest BCUT2D eigenvalue weighted by Gasteiger charge is 2.20. The van der Waals surface area contributed by atoms with Crippen LogP contribution in [0.3, 0.4) is 0 Å². The smallest absolute Gasteiger partial charge is 0.197 e. The molecule has 0 saturated heterocycles. The number of benzene rings is 1. The van der Waals surface area contributed by atoms with E-state index in [4.69, 9.17) is 4.98 Å². The Labute approximate surface area is 179 Å². The second-order valence-electron chi connectivity index (χ2n) is 7.28. The van der Waals surface area contributed by atoms with Gasteiger partial charge in [0.1, 0.15) is 11.5 Å². The summed E-state index contributed by atoms with van der Waals surface area (Å²) in [5.74, 6) is 1.72. The molecule has 0 amide bonds. The quantitative estimate of drug-likeness (QED) is 0.682. The van der Waals surface area contributed by atoms with E-state index >= 15 is 0 Å². The van der Waals surface area contributed by atoms with Gasteiger partial charge in [0.2, 0.25) is 0 Å². The van der Waals surface area contributed by atoms with Crippen LogP contribution in [-0.2, 0) is 13.0 Å². The van der Waals surface area contributed by atoms with E-state index in [1.165, 1.54) is 11.1 Å². The summed E-state index contributed by atoms with van der Waals surface area (Å²) in [7, 11) is 0. The van der Waals surface area contributed by atoms with E-state index in [0.29, 0.717) is 0 Å². The van der Waals surface area contributed by atoms with E-state index in [1.807, 2.05) is 35.7 Å². The highest BCUT2D eigenvalue weighted by Crippen LogP contribution is 2.28. The second kappa shape index (κ2) is 8.13. The van der Waals surface area contributed by atoms with Gasteiger partial charge in [0.15, 0.2) is 11.1 Å². The van der Waals surface area contributed by atoms with Crippen LogP contribution in [0.4, 0.5) is 10.9 Å². The summed E-state index contributed by atoms with van der Waals surface area (Å²) in [6.07, 6.45) is 1.91. The van der Waals surface area contributed by atoms with Crippen molar-refractivity contribution in [1.29, 1.82) is 5.26 Å². The number of nitriles is 1. The first-order valence-corrected chi connectivity index (χ1v) is 10.9. The maximum Gasteiger partial charge on any atom is 0.197 e. The van der Waals surface area contributed by atoms with Crippen LogP contribution in [0, 0.1) is 11.3 Å². The number of aromatic nitrogens is 2. The lowest BCUT2D eigenvalue weighted by Crippen LogP contribution is -2.35. The minimum atomic E-state index is 0.761. The molecule has 0 spiro atoms. The molecular formula is C22H21N7S. The Bertz CT molecular complexity index is 1140. The number of hydrogen-bond acceptors (Lipinski definition) is 8. The van der Waals surface area contributed by atoms with E-state index in [0.717, 1.165) is 72.9 Å². The first kappa shape index (κ1) is 18.6. The van der Waals surface area contributed by atoms with Gasteiger partial charge in [-0.2, -0.15) is 5.26 Å². The summed E-state index contributed by atoms with van der Waals surface area (Å²) >= 11 is 1.55. The number of anilines is 2. The van der Waals surface area contributed by atoms with Gasteiger partial charge in [0, 0.05) is 31.6 Å². The van der Waals surface area contributed by atoms with Crippen LogP contribution in [0.5, 0.6) is 0 Å². The molecule has 2 aliphatic rings. The van der Waals surface area contributed by atoms with Crippen molar-refractivity contribution in [2.75, 3.05) is 29.9 Å². The standard InChI is InChI=1S/C22H21N7S/c23-12-15-4-1-5-16-13-29(11-8-17(15)16)20-7-2-6-18(26-20)19-14-30-22(27-19)28-21-24-9-3-10-25-21/h1-2,4-7,14H,3,8-11,13H2,(H2,24,25,27,28). The third-order valence-electron chi connectivity index (χ3n) is 5.33. The fourth-order valence-electron chi connectivity index (χ4n) is 3.82. The van der Waals surface area contributed by atoms with Crippen LogP contribution in [-0.4, -0.2) is 35.6 Å². The van der Waals surface area contributed by atoms with Gasteiger partial charge in [0.05, 0.1) is 17.3 Å². The van der Waals surface area contributed by atoms with Crippen LogP contribution >= 0.6 is 11.3 Å². The summed E-state index contributed by atoms with van der Waals surface area (Å²) in [4.78, 5) is 16.3. The molecule has 8 heteroatoms. The van der Waals surface area contributed by atoms with E-state index in [1.54, 1.807) is 11.3 Å². The molecule has 5 rings (SSSR count). The van der Waals surface area contributed by atoms with Crippen molar-refractivity contribution >= 4 is 28.2 Å². The Hall–Kier alpha value is -3.44. The number of fused-ring (bicyclic) bond motifs is 1. The summed E-state index contributed by atoms with van der Waals surface area (Å²) < 4.78 is 0. The molecule has 2 N–H and O–H groups in total. The fraction of sp³-hybridized carbons (Fsp3) is 0.273. The Kier molecular flexibility index (Phi) is 5.03. The Balaban J connectivity index is 1.35. The Morgan fingerprint density at radius 2 is 2.07 bits per heavy atom. The van der Waals surface area contributed by atoms with Gasteiger partial charge in [-0.15, -0.1) is 11.3 Å². The number of aliphatic imine (C=N–C) groups is 1. The topological polar surface area (TPSA) is 89.2 Å². The average Bonchev–Trinajstić information content (AvgIpc) is 3.27. The number of hydrogen-bond donors (Lipinski definition) is 2. The van der Waals surface area contributed by atoms with Crippen molar-refractivity contribution in [3.63, 3.8) is 0 Å². The third kappa shape index (κ3) is 3.72. The summed E-state index contributed by atoms with van der Waals surface area (Å²) in [5.41, 5.74) is 4.86. The molecule has 0 unspecified atom stereocenters. The first-order valence-electron chi connectivity index (χ1n) is 10.0. The van der Waals surface area contributed by atoms with E-state index < -0.39 is 0 Å². The van der Waals surface area contributed by atoms with Crippen molar-refractivity contribution in [2.45, 2.75) is 19.4 Å². The van der Waals surface area contributed by atoms with E-state index in [2.05, 4.69) is 37.6 Å². The molecule has 0 atom stereocenters. The van der Waals surface area contributed by atoms with Gasteiger partial charge in [0.25, 0.3) is 0 Å². The Morgan fingerprint density at radius 1 is 1.13 bits per heavy atom. The van der Waals surface area contributed by atoms with Crippen LogP contribution in [0.1, 0.15) is 23.1 Å². The molecule has 0 fully saturated rings. The largest absolute Gasteiger partial charge is 0.356 e. The number of guanidine groups is 1. The zero-order valence-corrected chi connectivity index (χ0v) is 17.2. The monoisotopic (exact) mass is 415 g/mol. The van der Waals surface area contributed by atoms with Gasteiger partial charge in [-0.05, 0) is 42.2 Å². The lowest BCUT2D eigenvalue weighted by atomic mass is 9.95. The summed E-state index contributed by atoms with van der Waals surface area (Å²) in [6.45, 7) is 3.38. The third-order valence-corrected chi connectivity index (χ3v) is 6.09. The van der Waals surface area contributed by atoms with E-state index in [9.17, 15) is 5.26 Å². The van der Waals surface area contributed by atoms with Crippen molar-refractivity contribution in [1.82, 2.24) is 15.3 Å². The molecular weight excluding hydrogens is 394 g/mol. The molecule has 2 aliphatic heterocycles. The van der Waals surface area contributed by atoms with Gasteiger partial charge in [-0.25, -0.2) is 9.97 Å². The van der Waals surface area contributed by atoms with Crippen LogP contribution in [0.2, 0.25) is 0 Å². The predicted molar refractivity (Wildman–Crippen MR) is 120 cm³/mol. The van der Waals surface area contributed by atoms with Gasteiger partial charge in [-0.3, -0.25) is 4.99 Å². The van der Waals surface area contributed by atoms with Crippen molar-refractivity contribution in [2.24, 2.45) is 4.99 Å². The highest BCUT2D eigenvalue weighted by atomic mass is 32.1. The maximum absolute atomic E-state index is 9.35. The predicted octanol–water partition coefficient (Wildman–Crippen LogP) is 3.40. The number of nitrogens with one attached hydrogen (secondary N) is 2. The molecule has 0 saturated carbocycles. The fourth-order valence-corrected chi connectivity index (χ4v) is 4.52. The van der Waals surface area contributed by atoms with Crippen LogP contribution in [0.15, 0.2) is 46.8 Å². The second-order valence-corrected chi connectivity index (χ2v) is 8.14. The van der Waals surface area contributed by atoms with Gasteiger partial charge in [-0.1, -0.05) is 18.2 Å². The zero-order chi connectivity index (χ0) is 20.3. The molecule has 0 aliphatic carbocycles. The number of nitrogens with zero attached hydrogens (tertiary/aromatic N) is 5. The summed E-state index contributed by atoms with van der Waals surface area (Å²) in [5, 5.41) is 18.7. The molecule has 1 aromatic carbocycles. The maximum atomic E-state index is 9.35. The molecule has 0 radical (unpaired) electrons. The molecule has 150 valence electrons. The zero-order valence-electron chi connectivity index (χ0n) is 16.4. The molecule has 4 heterocycles. The minimum absolute atomic E-state index is 0.761. The molecule has 30 heavy (non-hydrogen) atoms. The minimum Gasteiger partial charge on any atom is -0.356 e. The Morgan fingerprint density at radius 3 is 2.93 bits per heavy atom. The SMILES string of the molecule is N#Cc1cccc2c1CCN(c1cccc(-c3csc(NC4=NCCCN4)n3)n1)C2. The van der Waals surface area contributed by atoms with Gasteiger partial charge >= 0.3 is 0 Å². The van der Waals surface area contributed by atoms with E-state index in [-0.39, 0.29) is 0 Å². The molecule has 3 aromatic rings. The number of thiazole rings is 1. The first-order chi connectivity index (χ1) is 14.8. The molecule has 7 nitrogen and oxygen atoms in total. The molecule has 2 aromatic heterocycles. The number of rotatable bonds is 3. The average molecular weight is 416 g/mol. The van der Waals surface area contributed by atoms with Crippen molar-refractivity contribution in [3.8, 4) is 17.5 Å². The number of pyridine rings is 1.